The van der Waals surface area contributed by atoms with Gasteiger partial charge >= 0.3 is 0 Å². The Morgan fingerprint density at radius 1 is 1.15 bits per heavy atom. The van der Waals surface area contributed by atoms with Gasteiger partial charge < -0.3 is 28.8 Å². The molecule has 1 N–H and O–H groups in total. The molecule has 3 aromatic rings. The number of rotatable bonds is 7. The summed E-state index contributed by atoms with van der Waals surface area (Å²) in [6.07, 6.45) is 5.83. The lowest BCUT2D eigenvalue weighted by Crippen LogP contribution is -2.31. The van der Waals surface area contributed by atoms with Crippen LogP contribution in [0.2, 0.25) is 0 Å². The van der Waals surface area contributed by atoms with Gasteiger partial charge in [0.15, 0.2) is 11.5 Å². The number of imidazole rings is 1. The monoisotopic (exact) mass is 461 g/mol. The van der Waals surface area contributed by atoms with Crippen LogP contribution in [0.15, 0.2) is 66.8 Å². The summed E-state index contributed by atoms with van der Waals surface area (Å²) in [6, 6.07) is 11.2. The van der Waals surface area contributed by atoms with Crippen molar-refractivity contribution in [2.75, 3.05) is 20.4 Å². The average molecular weight is 461 g/mol. The van der Waals surface area contributed by atoms with E-state index in [4.69, 9.17) is 14.2 Å². The number of aryl methyl sites for hydroxylation is 1. The van der Waals surface area contributed by atoms with Gasteiger partial charge in [-0.2, -0.15) is 0 Å². The number of carbonyl (C=O) groups excluding carboxylic acids is 2. The maximum Gasteiger partial charge on any atom is 0.295 e. The average Bonchev–Trinajstić information content (AvgIpc) is 3.60. The van der Waals surface area contributed by atoms with E-state index in [9.17, 15) is 14.7 Å². The maximum absolute atomic E-state index is 13.2. The van der Waals surface area contributed by atoms with E-state index in [0.717, 1.165) is 0 Å². The number of carbonyl (C=O) groups is 2. The Balaban J connectivity index is 1.55. The zero-order chi connectivity index (χ0) is 23.7. The van der Waals surface area contributed by atoms with E-state index in [1.807, 2.05) is 10.8 Å². The summed E-state index contributed by atoms with van der Waals surface area (Å²) < 4.78 is 18.1. The van der Waals surface area contributed by atoms with Crippen LogP contribution in [0.25, 0.3) is 5.76 Å². The van der Waals surface area contributed by atoms with E-state index in [0.29, 0.717) is 47.9 Å². The lowest BCUT2D eigenvalue weighted by atomic mass is 9.95. The highest BCUT2D eigenvalue weighted by Gasteiger charge is 2.46. The van der Waals surface area contributed by atoms with Crippen molar-refractivity contribution in [1.82, 2.24) is 14.5 Å². The van der Waals surface area contributed by atoms with Gasteiger partial charge in [0.25, 0.3) is 11.7 Å². The van der Waals surface area contributed by atoms with E-state index in [1.54, 1.807) is 55.0 Å². The number of aliphatic hydroxyl groups excluding tert-OH is 1. The molecule has 0 radical (unpaired) electrons. The van der Waals surface area contributed by atoms with E-state index in [2.05, 4.69) is 4.98 Å². The second kappa shape index (κ2) is 8.93. The number of likely N-dealkylation sites (tertiary alicyclic amines) is 1. The van der Waals surface area contributed by atoms with Crippen molar-refractivity contribution >= 4 is 17.4 Å². The molecule has 174 valence electrons. The first kappa shape index (κ1) is 21.6. The molecule has 1 aromatic heterocycles. The third-order valence-electron chi connectivity index (χ3n) is 5.97. The van der Waals surface area contributed by atoms with Crippen LogP contribution in [0.1, 0.15) is 23.6 Å². The van der Waals surface area contributed by atoms with Gasteiger partial charge in [-0.05, 0) is 36.2 Å². The molecule has 34 heavy (non-hydrogen) atoms. The second-order valence-electron chi connectivity index (χ2n) is 7.99. The van der Waals surface area contributed by atoms with Crippen molar-refractivity contribution < 1.29 is 28.9 Å². The number of methoxy groups -OCH3 is 1. The molecule has 0 aliphatic carbocycles. The van der Waals surface area contributed by atoms with Crippen molar-refractivity contribution in [3.8, 4) is 17.2 Å². The Kier molecular flexibility index (Phi) is 5.67. The van der Waals surface area contributed by atoms with Crippen LogP contribution in [0.3, 0.4) is 0 Å². The minimum atomic E-state index is -0.775. The summed E-state index contributed by atoms with van der Waals surface area (Å²) in [5.41, 5.74) is 1.07. The SMILES string of the molecule is COc1cccc(C(O)=C2C(=O)C(=O)N(CCCn3ccnc3)C2c2ccc3c(c2)OCO3)c1. The maximum atomic E-state index is 13.2. The number of ether oxygens (including phenoxy) is 3. The quantitative estimate of drug-likeness (QED) is 0.328. The Hall–Kier alpha value is -4.27. The predicted octanol–water partition coefficient (Wildman–Crippen LogP) is 3.13. The minimum Gasteiger partial charge on any atom is -0.507 e. The molecule has 0 saturated carbocycles. The summed E-state index contributed by atoms with van der Waals surface area (Å²) in [4.78, 5) is 31.8. The molecular weight excluding hydrogens is 438 g/mol. The van der Waals surface area contributed by atoms with Crippen LogP contribution in [0.4, 0.5) is 0 Å². The van der Waals surface area contributed by atoms with E-state index >= 15 is 0 Å². The van der Waals surface area contributed by atoms with Crippen molar-refractivity contribution in [2.24, 2.45) is 0 Å². The number of aromatic nitrogens is 2. The summed E-state index contributed by atoms with van der Waals surface area (Å²) in [7, 11) is 1.52. The fraction of sp³-hybridized carbons (Fsp3) is 0.240. The molecule has 1 unspecified atom stereocenters. The lowest BCUT2D eigenvalue weighted by molar-refractivity contribution is -0.139. The number of hydrogen-bond donors (Lipinski definition) is 1. The highest BCUT2D eigenvalue weighted by Crippen LogP contribution is 2.43. The fourth-order valence-electron chi connectivity index (χ4n) is 4.31. The van der Waals surface area contributed by atoms with Crippen molar-refractivity contribution in [3.05, 3.63) is 77.9 Å². The Morgan fingerprint density at radius 2 is 2.00 bits per heavy atom. The number of hydrogen-bond acceptors (Lipinski definition) is 7. The molecule has 5 rings (SSSR count). The van der Waals surface area contributed by atoms with Gasteiger partial charge in [-0.1, -0.05) is 18.2 Å². The summed E-state index contributed by atoms with van der Waals surface area (Å²) in [5.74, 6) is 0.00937. The Labute approximate surface area is 195 Å². The van der Waals surface area contributed by atoms with Gasteiger partial charge in [-0.3, -0.25) is 9.59 Å². The standard InChI is InChI=1S/C25H23N3O6/c1-32-18-5-2-4-17(12-18)23(29)21-22(16-6-7-19-20(13-16)34-15-33-19)28(25(31)24(21)30)10-3-9-27-11-8-26-14-27/h2,4-8,11-14,22,29H,3,9-10,15H2,1H3. The molecule has 9 nitrogen and oxygen atoms in total. The van der Waals surface area contributed by atoms with Gasteiger partial charge in [0.05, 0.1) is 25.1 Å². The first-order valence-electron chi connectivity index (χ1n) is 10.8. The minimum absolute atomic E-state index is 0.0275. The normalized spacial score (nSPS) is 18.5. The smallest absolute Gasteiger partial charge is 0.295 e. The number of fused-ring (bicyclic) bond motifs is 1. The zero-order valence-corrected chi connectivity index (χ0v) is 18.5. The predicted molar refractivity (Wildman–Crippen MR) is 121 cm³/mol. The van der Waals surface area contributed by atoms with Gasteiger partial charge in [-0.25, -0.2) is 4.98 Å². The van der Waals surface area contributed by atoms with Gasteiger partial charge in [0, 0.05) is 31.0 Å². The molecule has 2 aliphatic heterocycles. The summed E-state index contributed by atoms with van der Waals surface area (Å²) >= 11 is 0. The molecule has 2 aliphatic rings. The number of aliphatic hydroxyl groups is 1. The third-order valence-corrected chi connectivity index (χ3v) is 5.97. The molecule has 0 spiro atoms. The number of nitrogens with zero attached hydrogens (tertiary/aromatic N) is 3. The molecule has 0 bridgehead atoms. The fourth-order valence-corrected chi connectivity index (χ4v) is 4.31. The number of benzene rings is 2. The molecule has 3 heterocycles. The first-order valence-corrected chi connectivity index (χ1v) is 10.8. The Bertz CT molecular complexity index is 1270. The second-order valence-corrected chi connectivity index (χ2v) is 7.99. The highest BCUT2D eigenvalue weighted by atomic mass is 16.7. The van der Waals surface area contributed by atoms with Gasteiger partial charge in [0.1, 0.15) is 11.5 Å². The van der Waals surface area contributed by atoms with Crippen molar-refractivity contribution in [3.63, 3.8) is 0 Å². The van der Waals surface area contributed by atoms with Crippen LogP contribution in [-0.4, -0.2) is 51.7 Å². The number of ketones is 1. The van der Waals surface area contributed by atoms with Crippen molar-refractivity contribution in [1.29, 1.82) is 0 Å². The molecule has 1 fully saturated rings. The van der Waals surface area contributed by atoms with Gasteiger partial charge in [0.2, 0.25) is 6.79 Å². The molecule has 1 saturated heterocycles. The first-order chi connectivity index (χ1) is 16.6. The summed E-state index contributed by atoms with van der Waals surface area (Å²) in [6.45, 7) is 1.05. The molecule has 9 heteroatoms. The van der Waals surface area contributed by atoms with E-state index in [1.165, 1.54) is 12.0 Å². The van der Waals surface area contributed by atoms with Crippen LogP contribution in [-0.2, 0) is 16.1 Å². The largest absolute Gasteiger partial charge is 0.507 e. The topological polar surface area (TPSA) is 103 Å². The molecule has 1 amide bonds. The van der Waals surface area contributed by atoms with Crippen LogP contribution >= 0.6 is 0 Å². The van der Waals surface area contributed by atoms with Crippen LogP contribution < -0.4 is 14.2 Å². The third kappa shape index (κ3) is 3.85. The molecular formula is C25H23N3O6. The lowest BCUT2D eigenvalue weighted by Gasteiger charge is -2.25. The molecule has 1 atom stereocenters. The van der Waals surface area contributed by atoms with Crippen LogP contribution in [0, 0.1) is 0 Å². The molecule has 2 aromatic carbocycles. The Morgan fingerprint density at radius 3 is 2.79 bits per heavy atom. The highest BCUT2D eigenvalue weighted by molar-refractivity contribution is 6.46. The van der Waals surface area contributed by atoms with Crippen molar-refractivity contribution in [2.45, 2.75) is 19.0 Å². The van der Waals surface area contributed by atoms with E-state index in [-0.39, 0.29) is 18.1 Å². The van der Waals surface area contributed by atoms with Crippen LogP contribution in [0.5, 0.6) is 17.2 Å². The summed E-state index contributed by atoms with van der Waals surface area (Å²) in [5, 5.41) is 11.2. The number of Topliss-reactive ketones (excluding diaryl/α,β-unsaturated/α-hetero) is 1. The van der Waals surface area contributed by atoms with E-state index < -0.39 is 17.7 Å². The zero-order valence-electron chi connectivity index (χ0n) is 18.5. The number of amides is 1. The van der Waals surface area contributed by atoms with Gasteiger partial charge in [-0.15, -0.1) is 0 Å².